The van der Waals surface area contributed by atoms with Gasteiger partial charge < -0.3 is 0 Å². The van der Waals surface area contributed by atoms with Crippen molar-refractivity contribution in [3.05, 3.63) is 69.7 Å². The Kier molecular flexibility index (Phi) is 4.44. The molecule has 0 bridgehead atoms. The summed E-state index contributed by atoms with van der Waals surface area (Å²) in [6.45, 7) is 1.88. The molecule has 3 aromatic heterocycles. The van der Waals surface area contributed by atoms with E-state index in [9.17, 15) is 13.2 Å². The second-order valence-corrected chi connectivity index (χ2v) is 7.48. The van der Waals surface area contributed by atoms with Crippen molar-refractivity contribution in [1.82, 2.24) is 14.8 Å². The van der Waals surface area contributed by atoms with Crippen molar-refractivity contribution in [2.75, 3.05) is 0 Å². The molecule has 0 amide bonds. The summed E-state index contributed by atoms with van der Waals surface area (Å²) in [5.41, 5.74) is 0.982. The lowest BCUT2D eigenvalue weighted by molar-refractivity contribution is -0.136. The molecule has 0 atom stereocenters. The maximum Gasteiger partial charge on any atom is 0.417 e. The van der Waals surface area contributed by atoms with Gasteiger partial charge in [-0.15, -0.1) is 11.3 Å². The highest BCUT2D eigenvalue weighted by molar-refractivity contribution is 7.13. The van der Waals surface area contributed by atoms with Gasteiger partial charge in [-0.3, -0.25) is 0 Å². The van der Waals surface area contributed by atoms with Crippen LogP contribution in [0.2, 0.25) is 5.02 Å². The fourth-order valence-electron chi connectivity index (χ4n) is 3.00. The molecule has 0 radical (unpaired) electrons. The smallest absolute Gasteiger partial charge is 0.243 e. The van der Waals surface area contributed by atoms with E-state index in [2.05, 4.69) is 10.1 Å². The zero-order valence-corrected chi connectivity index (χ0v) is 15.7. The summed E-state index contributed by atoms with van der Waals surface area (Å²) in [6, 6.07) is 11.8. The van der Waals surface area contributed by atoms with Crippen LogP contribution in [-0.4, -0.2) is 14.8 Å². The molecule has 0 saturated carbocycles. The monoisotopic (exact) mass is 407 g/mol. The van der Waals surface area contributed by atoms with Crippen molar-refractivity contribution in [2.45, 2.75) is 19.6 Å². The van der Waals surface area contributed by atoms with Crippen LogP contribution < -0.4 is 0 Å². The molecule has 0 N–H and O–H groups in total. The second-order valence-electron chi connectivity index (χ2n) is 6.10. The van der Waals surface area contributed by atoms with Gasteiger partial charge in [-0.2, -0.15) is 18.3 Å². The van der Waals surface area contributed by atoms with Crippen LogP contribution in [0.1, 0.15) is 16.8 Å². The summed E-state index contributed by atoms with van der Waals surface area (Å²) in [4.78, 5) is 5.19. The lowest BCUT2D eigenvalue weighted by Crippen LogP contribution is -2.08. The fraction of sp³-hybridized carbons (Fsp3) is 0.158. The summed E-state index contributed by atoms with van der Waals surface area (Å²) < 4.78 is 42.7. The fourth-order valence-corrected chi connectivity index (χ4v) is 3.81. The third kappa shape index (κ3) is 3.44. The summed E-state index contributed by atoms with van der Waals surface area (Å²) in [5.74, 6) is 0. The second kappa shape index (κ2) is 6.65. The molecule has 3 heterocycles. The molecule has 0 aliphatic heterocycles. The first-order valence-electron chi connectivity index (χ1n) is 8.06. The Bertz CT molecular complexity index is 1100. The lowest BCUT2D eigenvalue weighted by atomic mass is 10.1. The normalized spacial score (nSPS) is 12.0. The minimum Gasteiger partial charge on any atom is -0.243 e. The Morgan fingerprint density at radius 3 is 2.52 bits per heavy atom. The topological polar surface area (TPSA) is 30.7 Å². The quantitative estimate of drug-likeness (QED) is 0.405. The molecule has 4 aromatic rings. The van der Waals surface area contributed by atoms with E-state index in [1.54, 1.807) is 31.2 Å². The number of alkyl halides is 3. The van der Waals surface area contributed by atoms with Gasteiger partial charge in [0.2, 0.25) is 0 Å². The predicted molar refractivity (Wildman–Crippen MR) is 101 cm³/mol. The molecule has 0 fully saturated rings. The Balaban J connectivity index is 1.93. The average molecular weight is 408 g/mol. The number of hydrogen-bond donors (Lipinski definition) is 0. The third-order valence-corrected chi connectivity index (χ3v) is 5.35. The number of rotatable bonds is 3. The van der Waals surface area contributed by atoms with E-state index < -0.39 is 11.7 Å². The Hall–Kier alpha value is -2.38. The van der Waals surface area contributed by atoms with E-state index in [1.165, 1.54) is 16.0 Å². The number of nitrogens with zero attached hydrogens (tertiary/aromatic N) is 3. The van der Waals surface area contributed by atoms with Gasteiger partial charge in [-0.05, 0) is 42.1 Å². The Morgan fingerprint density at radius 2 is 1.89 bits per heavy atom. The molecule has 0 aliphatic rings. The zero-order valence-electron chi connectivity index (χ0n) is 14.1. The lowest BCUT2D eigenvalue weighted by Gasteiger charge is -2.11. The van der Waals surface area contributed by atoms with E-state index in [0.717, 1.165) is 11.6 Å². The van der Waals surface area contributed by atoms with E-state index in [1.807, 2.05) is 17.5 Å². The highest BCUT2D eigenvalue weighted by atomic mass is 35.5. The van der Waals surface area contributed by atoms with Gasteiger partial charge in [0.1, 0.15) is 0 Å². The minimum atomic E-state index is -4.49. The zero-order chi connectivity index (χ0) is 19.2. The predicted octanol–water partition coefficient (Wildman–Crippen LogP) is 6.19. The first-order valence-corrected chi connectivity index (χ1v) is 9.32. The van der Waals surface area contributed by atoms with Gasteiger partial charge >= 0.3 is 6.18 Å². The summed E-state index contributed by atoms with van der Waals surface area (Å²) in [7, 11) is 0. The third-order valence-electron chi connectivity index (χ3n) is 4.20. The van der Waals surface area contributed by atoms with Gasteiger partial charge in [0.05, 0.1) is 33.8 Å². The Morgan fingerprint density at radius 1 is 1.15 bits per heavy atom. The van der Waals surface area contributed by atoms with Gasteiger partial charge in [0, 0.05) is 5.02 Å². The highest BCUT2D eigenvalue weighted by Gasteiger charge is 2.35. The molecule has 0 saturated heterocycles. The number of fused-ring (bicyclic) bond motifs is 1. The van der Waals surface area contributed by atoms with Crippen LogP contribution in [0.5, 0.6) is 0 Å². The van der Waals surface area contributed by atoms with Crippen LogP contribution in [0, 0.1) is 6.92 Å². The number of aryl methyl sites for hydroxylation is 1. The molecule has 1 aromatic carbocycles. The summed E-state index contributed by atoms with van der Waals surface area (Å²) in [5, 5.41) is 6.77. The standard InChI is InChI=1S/C19H13ClF3N3S/c1-11-17-14(19(21,22)23)9-15(16-3-2-8-27-16)24-18(17)26(25-11)10-12-4-6-13(20)7-5-12/h2-9H,10H2,1H3. The largest absolute Gasteiger partial charge is 0.417 e. The number of pyridine rings is 1. The highest BCUT2D eigenvalue weighted by Crippen LogP contribution is 2.38. The number of halogens is 4. The van der Waals surface area contributed by atoms with Gasteiger partial charge in [0.25, 0.3) is 0 Å². The van der Waals surface area contributed by atoms with Crippen LogP contribution >= 0.6 is 22.9 Å². The van der Waals surface area contributed by atoms with Crippen LogP contribution in [0.3, 0.4) is 0 Å². The van der Waals surface area contributed by atoms with Gasteiger partial charge in [-0.25, -0.2) is 9.67 Å². The molecule has 0 aliphatic carbocycles. The molecule has 3 nitrogen and oxygen atoms in total. The minimum absolute atomic E-state index is 0.0387. The van der Waals surface area contributed by atoms with Gasteiger partial charge in [-0.1, -0.05) is 29.8 Å². The molecular formula is C19H13ClF3N3S. The van der Waals surface area contributed by atoms with E-state index >= 15 is 0 Å². The molecule has 0 unspecified atom stereocenters. The molecule has 138 valence electrons. The first-order chi connectivity index (χ1) is 12.8. The maximum atomic E-state index is 13.7. The van der Waals surface area contributed by atoms with Crippen molar-refractivity contribution in [3.63, 3.8) is 0 Å². The van der Waals surface area contributed by atoms with Crippen molar-refractivity contribution < 1.29 is 13.2 Å². The van der Waals surface area contributed by atoms with Crippen molar-refractivity contribution in [3.8, 4) is 10.6 Å². The maximum absolute atomic E-state index is 13.7. The van der Waals surface area contributed by atoms with Crippen LogP contribution in [0.4, 0.5) is 13.2 Å². The number of hydrogen-bond acceptors (Lipinski definition) is 3. The molecular weight excluding hydrogens is 395 g/mol. The van der Waals surface area contributed by atoms with Crippen LogP contribution in [0.25, 0.3) is 21.6 Å². The first kappa shape index (κ1) is 18.0. The van der Waals surface area contributed by atoms with Crippen molar-refractivity contribution >= 4 is 34.0 Å². The van der Waals surface area contributed by atoms with Crippen LogP contribution in [-0.2, 0) is 12.7 Å². The molecule has 4 rings (SSSR count). The number of thiophene rings is 1. The van der Waals surface area contributed by atoms with E-state index in [4.69, 9.17) is 11.6 Å². The SMILES string of the molecule is Cc1nn(Cc2ccc(Cl)cc2)c2nc(-c3cccs3)cc(C(F)(F)F)c12. The Labute approximate surface area is 162 Å². The number of aromatic nitrogens is 3. The summed E-state index contributed by atoms with van der Waals surface area (Å²) in [6.07, 6.45) is -4.49. The number of benzene rings is 1. The van der Waals surface area contributed by atoms with Crippen molar-refractivity contribution in [1.29, 1.82) is 0 Å². The van der Waals surface area contributed by atoms with E-state index in [0.29, 0.717) is 27.8 Å². The van der Waals surface area contributed by atoms with Crippen LogP contribution in [0.15, 0.2) is 47.8 Å². The molecule has 27 heavy (non-hydrogen) atoms. The van der Waals surface area contributed by atoms with E-state index in [-0.39, 0.29) is 11.0 Å². The molecule has 0 spiro atoms. The summed E-state index contributed by atoms with van der Waals surface area (Å²) >= 11 is 7.25. The van der Waals surface area contributed by atoms with Gasteiger partial charge in [0.15, 0.2) is 5.65 Å². The average Bonchev–Trinajstić information content (AvgIpc) is 3.25. The van der Waals surface area contributed by atoms with Crippen molar-refractivity contribution in [2.24, 2.45) is 0 Å². The molecule has 8 heteroatoms.